The molecule has 0 aliphatic rings. The zero-order valence-electron chi connectivity index (χ0n) is 23.7. The molecule has 2 atom stereocenters. The van der Waals surface area contributed by atoms with Crippen LogP contribution in [0.15, 0.2) is 76.5 Å². The van der Waals surface area contributed by atoms with Crippen molar-refractivity contribution in [1.82, 2.24) is 10.2 Å². The van der Waals surface area contributed by atoms with E-state index in [1.165, 1.54) is 28.8 Å². The average Bonchev–Trinajstić information content (AvgIpc) is 2.95. The molecule has 3 rings (SSSR count). The molecule has 0 spiro atoms. The van der Waals surface area contributed by atoms with E-state index in [0.717, 1.165) is 14.8 Å². The minimum Gasteiger partial charge on any atom is -0.352 e. The largest absolute Gasteiger partial charge is 0.352 e. The maximum absolute atomic E-state index is 14.1. The second kappa shape index (κ2) is 14.4. The standard InChI is InChI=1S/C30H35Cl2N3O4S2/c1-6-21(3)33-30(37)22(4)34(18-26-27(31)8-7-9-28(26)32)29(36)19-35(23-12-10-20(2)11-13-23)41(38,39)25-16-14-24(40-5)15-17-25/h7-17,21-22H,6,18-19H2,1-5H3,(H,33,37)/t21-,22+/m1/s1. The van der Waals surface area contributed by atoms with Gasteiger partial charge in [0.15, 0.2) is 0 Å². The fraction of sp³-hybridized carbons (Fsp3) is 0.333. The third-order valence-electron chi connectivity index (χ3n) is 6.81. The summed E-state index contributed by atoms with van der Waals surface area (Å²) in [5, 5.41) is 3.58. The molecule has 2 amide bonds. The van der Waals surface area contributed by atoms with E-state index >= 15 is 0 Å². The zero-order chi connectivity index (χ0) is 30.3. The molecule has 0 heterocycles. The molecule has 1 N–H and O–H groups in total. The quantitative estimate of drug-likeness (QED) is 0.228. The van der Waals surface area contributed by atoms with Crippen LogP contribution in [-0.4, -0.2) is 50.0 Å². The second-order valence-corrected chi connectivity index (χ2v) is 13.3. The number of aryl methyl sites for hydroxylation is 1. The summed E-state index contributed by atoms with van der Waals surface area (Å²) in [4.78, 5) is 29.5. The monoisotopic (exact) mass is 635 g/mol. The van der Waals surface area contributed by atoms with Gasteiger partial charge in [0.25, 0.3) is 10.0 Å². The number of carbonyl (C=O) groups excluding carboxylic acids is 2. The molecule has 220 valence electrons. The lowest BCUT2D eigenvalue weighted by Crippen LogP contribution is -2.52. The van der Waals surface area contributed by atoms with Crippen molar-refractivity contribution in [3.63, 3.8) is 0 Å². The van der Waals surface area contributed by atoms with Gasteiger partial charge in [0, 0.05) is 33.1 Å². The Balaban J connectivity index is 2.06. The Morgan fingerprint density at radius 1 is 0.951 bits per heavy atom. The van der Waals surface area contributed by atoms with Crippen molar-refractivity contribution >= 4 is 62.5 Å². The maximum atomic E-state index is 14.1. The SMILES string of the molecule is CC[C@@H](C)NC(=O)[C@H](C)N(Cc1c(Cl)cccc1Cl)C(=O)CN(c1ccc(C)cc1)S(=O)(=O)c1ccc(SC)cc1. The highest BCUT2D eigenvalue weighted by Crippen LogP contribution is 2.29. The van der Waals surface area contributed by atoms with E-state index in [0.29, 0.717) is 27.7 Å². The Morgan fingerprint density at radius 3 is 2.07 bits per heavy atom. The van der Waals surface area contributed by atoms with Gasteiger partial charge in [-0.05, 0) is 82.0 Å². The van der Waals surface area contributed by atoms with Crippen LogP contribution in [0.5, 0.6) is 0 Å². The fourth-order valence-corrected chi connectivity index (χ4v) is 6.36. The number of hydrogen-bond donors (Lipinski definition) is 1. The molecule has 41 heavy (non-hydrogen) atoms. The van der Waals surface area contributed by atoms with E-state index in [-0.39, 0.29) is 23.4 Å². The molecule has 11 heteroatoms. The third kappa shape index (κ3) is 8.19. The number of carbonyl (C=O) groups is 2. The topological polar surface area (TPSA) is 86.8 Å². The highest BCUT2D eigenvalue weighted by atomic mass is 35.5. The first-order valence-corrected chi connectivity index (χ1v) is 16.6. The van der Waals surface area contributed by atoms with Crippen molar-refractivity contribution in [3.8, 4) is 0 Å². The van der Waals surface area contributed by atoms with E-state index in [2.05, 4.69) is 5.32 Å². The molecule has 0 aliphatic heterocycles. The molecule has 0 saturated carbocycles. The first kappa shape index (κ1) is 32.8. The minimum atomic E-state index is -4.15. The Labute approximate surface area is 257 Å². The first-order valence-electron chi connectivity index (χ1n) is 13.1. The average molecular weight is 637 g/mol. The smallest absolute Gasteiger partial charge is 0.264 e. The zero-order valence-corrected chi connectivity index (χ0v) is 26.9. The Kier molecular flexibility index (Phi) is 11.6. The van der Waals surface area contributed by atoms with Crippen LogP contribution in [0.1, 0.15) is 38.3 Å². The number of rotatable bonds is 12. The van der Waals surface area contributed by atoms with Crippen LogP contribution < -0.4 is 9.62 Å². The normalized spacial score (nSPS) is 12.9. The van der Waals surface area contributed by atoms with E-state index < -0.39 is 28.5 Å². The summed E-state index contributed by atoms with van der Waals surface area (Å²) in [6, 6.07) is 17.3. The molecule has 0 aliphatic carbocycles. The van der Waals surface area contributed by atoms with Gasteiger partial charge in [-0.1, -0.05) is 53.9 Å². The maximum Gasteiger partial charge on any atom is 0.264 e. The predicted octanol–water partition coefficient (Wildman–Crippen LogP) is 6.55. The first-order chi connectivity index (χ1) is 19.4. The van der Waals surface area contributed by atoms with E-state index in [4.69, 9.17) is 23.2 Å². The third-order valence-corrected chi connectivity index (χ3v) is 10.0. The van der Waals surface area contributed by atoms with Crippen LogP contribution in [0.4, 0.5) is 5.69 Å². The summed E-state index contributed by atoms with van der Waals surface area (Å²) in [6.45, 7) is 6.68. The number of sulfonamides is 1. The van der Waals surface area contributed by atoms with Gasteiger partial charge < -0.3 is 10.2 Å². The van der Waals surface area contributed by atoms with Crippen LogP contribution in [0.25, 0.3) is 0 Å². The van der Waals surface area contributed by atoms with Crippen LogP contribution >= 0.6 is 35.0 Å². The van der Waals surface area contributed by atoms with Crippen molar-refractivity contribution in [3.05, 3.63) is 87.9 Å². The van der Waals surface area contributed by atoms with Gasteiger partial charge in [-0.2, -0.15) is 0 Å². The van der Waals surface area contributed by atoms with E-state index in [1.54, 1.807) is 61.5 Å². The number of nitrogens with one attached hydrogen (secondary N) is 1. The number of halogens is 2. The molecule has 0 fully saturated rings. The predicted molar refractivity (Wildman–Crippen MR) is 168 cm³/mol. The minimum absolute atomic E-state index is 0.0481. The fourth-order valence-electron chi connectivity index (χ4n) is 4.02. The van der Waals surface area contributed by atoms with Crippen LogP contribution in [0.3, 0.4) is 0 Å². The molecule has 0 unspecified atom stereocenters. The van der Waals surface area contributed by atoms with Crippen LogP contribution in [-0.2, 0) is 26.2 Å². The molecule has 3 aromatic rings. The molecular formula is C30H35Cl2N3O4S2. The van der Waals surface area contributed by atoms with Crippen molar-refractivity contribution < 1.29 is 18.0 Å². The van der Waals surface area contributed by atoms with Crippen molar-refractivity contribution in [2.75, 3.05) is 17.1 Å². The molecule has 3 aromatic carbocycles. The summed E-state index contributed by atoms with van der Waals surface area (Å²) in [5.74, 6) is -0.953. The highest BCUT2D eigenvalue weighted by Gasteiger charge is 2.33. The molecule has 0 saturated heterocycles. The van der Waals surface area contributed by atoms with Gasteiger partial charge >= 0.3 is 0 Å². The number of thioether (sulfide) groups is 1. The Bertz CT molecular complexity index is 1450. The highest BCUT2D eigenvalue weighted by molar-refractivity contribution is 7.98. The number of amides is 2. The summed E-state index contributed by atoms with van der Waals surface area (Å²) in [7, 11) is -4.15. The van der Waals surface area contributed by atoms with Gasteiger partial charge in [-0.25, -0.2) is 8.42 Å². The Morgan fingerprint density at radius 2 is 1.54 bits per heavy atom. The molecule has 7 nitrogen and oxygen atoms in total. The van der Waals surface area contributed by atoms with Gasteiger partial charge in [0.05, 0.1) is 10.6 Å². The lowest BCUT2D eigenvalue weighted by molar-refractivity contribution is -0.139. The lowest BCUT2D eigenvalue weighted by atomic mass is 10.1. The molecule has 0 radical (unpaired) electrons. The number of anilines is 1. The lowest BCUT2D eigenvalue weighted by Gasteiger charge is -2.33. The van der Waals surface area contributed by atoms with Crippen molar-refractivity contribution in [1.29, 1.82) is 0 Å². The Hall–Kier alpha value is -2.72. The number of hydrogen-bond acceptors (Lipinski definition) is 5. The van der Waals surface area contributed by atoms with Crippen molar-refractivity contribution in [2.45, 2.75) is 62.5 Å². The van der Waals surface area contributed by atoms with Gasteiger partial charge in [-0.3, -0.25) is 13.9 Å². The summed E-state index contributed by atoms with van der Waals surface area (Å²) in [6.07, 6.45) is 2.61. The van der Waals surface area contributed by atoms with Gasteiger partial charge in [0.1, 0.15) is 12.6 Å². The van der Waals surface area contributed by atoms with Gasteiger partial charge in [0.2, 0.25) is 11.8 Å². The summed E-state index contributed by atoms with van der Waals surface area (Å²) < 4.78 is 29.0. The van der Waals surface area contributed by atoms with E-state index in [1.807, 2.05) is 27.0 Å². The molecular weight excluding hydrogens is 601 g/mol. The number of benzene rings is 3. The second-order valence-electron chi connectivity index (χ2n) is 9.74. The molecule has 0 bridgehead atoms. The van der Waals surface area contributed by atoms with Gasteiger partial charge in [-0.15, -0.1) is 11.8 Å². The van der Waals surface area contributed by atoms with E-state index in [9.17, 15) is 18.0 Å². The van der Waals surface area contributed by atoms with Crippen LogP contribution in [0.2, 0.25) is 10.0 Å². The van der Waals surface area contributed by atoms with Crippen LogP contribution in [0, 0.1) is 6.92 Å². The summed E-state index contributed by atoms with van der Waals surface area (Å²) >= 11 is 14.4. The number of nitrogens with zero attached hydrogens (tertiary/aromatic N) is 2. The molecule has 0 aromatic heterocycles. The summed E-state index contributed by atoms with van der Waals surface area (Å²) in [5.41, 5.74) is 1.72. The van der Waals surface area contributed by atoms with Crippen molar-refractivity contribution in [2.24, 2.45) is 0 Å².